The largest absolute Gasteiger partial charge is 0.481 e. The van der Waals surface area contributed by atoms with Gasteiger partial charge in [-0.15, -0.1) is 22.7 Å². The first-order valence-corrected chi connectivity index (χ1v) is 10.4. The number of carbonyl (C=O) groups excluding carboxylic acids is 1. The average molecular weight is 424 g/mol. The molecule has 0 fully saturated rings. The number of thiophene rings is 1. The average Bonchev–Trinajstić information content (AvgIpc) is 3.28. The quantitative estimate of drug-likeness (QED) is 0.553. The van der Waals surface area contributed by atoms with E-state index in [0.717, 1.165) is 24.5 Å². The molecular formula is C19H18F2N2O3S2. The predicted molar refractivity (Wildman–Crippen MR) is 106 cm³/mol. The van der Waals surface area contributed by atoms with E-state index < -0.39 is 17.6 Å². The molecule has 3 aromatic rings. The number of aryl methyl sites for hydroxylation is 1. The maximum absolute atomic E-state index is 14.0. The third-order valence-corrected chi connectivity index (χ3v) is 6.09. The minimum atomic E-state index is -1.05. The van der Waals surface area contributed by atoms with Gasteiger partial charge >= 0.3 is 5.97 Å². The summed E-state index contributed by atoms with van der Waals surface area (Å²) in [5.74, 6) is -3.38. The van der Waals surface area contributed by atoms with Crippen molar-refractivity contribution < 1.29 is 23.5 Å². The van der Waals surface area contributed by atoms with Gasteiger partial charge in [-0.25, -0.2) is 13.8 Å². The summed E-state index contributed by atoms with van der Waals surface area (Å²) in [5, 5.41) is 12.0. The Hall–Kier alpha value is -2.39. The number of hydrogen-bond acceptors (Lipinski definition) is 5. The van der Waals surface area contributed by atoms with Crippen LogP contribution in [0, 0.1) is 11.6 Å². The smallest absolute Gasteiger partial charge is 0.303 e. The Morgan fingerprint density at radius 3 is 2.75 bits per heavy atom. The van der Waals surface area contributed by atoms with Crippen LogP contribution >= 0.6 is 22.7 Å². The van der Waals surface area contributed by atoms with Crippen molar-refractivity contribution in [3.05, 3.63) is 45.8 Å². The van der Waals surface area contributed by atoms with Crippen molar-refractivity contribution in [2.45, 2.75) is 39.2 Å². The highest BCUT2D eigenvalue weighted by molar-refractivity contribution is 7.18. The minimum absolute atomic E-state index is 0.0595. The number of aliphatic carboxylic acids is 1. The first-order valence-electron chi connectivity index (χ1n) is 8.72. The van der Waals surface area contributed by atoms with Gasteiger partial charge in [0.05, 0.1) is 22.7 Å². The van der Waals surface area contributed by atoms with Crippen LogP contribution in [0.25, 0.3) is 10.2 Å². The fourth-order valence-electron chi connectivity index (χ4n) is 2.75. The number of carbonyl (C=O) groups is 2. The zero-order valence-corrected chi connectivity index (χ0v) is 16.7. The van der Waals surface area contributed by atoms with Gasteiger partial charge < -0.3 is 5.11 Å². The van der Waals surface area contributed by atoms with Gasteiger partial charge in [-0.2, -0.15) is 0 Å². The van der Waals surface area contributed by atoms with Crippen LogP contribution in [0.4, 0.5) is 13.8 Å². The number of nitrogens with zero attached hydrogens (tertiary/aromatic N) is 2. The predicted octanol–water partition coefficient (Wildman–Crippen LogP) is 4.99. The van der Waals surface area contributed by atoms with Crippen LogP contribution in [-0.4, -0.2) is 22.0 Å². The van der Waals surface area contributed by atoms with Crippen molar-refractivity contribution in [3.63, 3.8) is 0 Å². The fraction of sp³-hybridized carbons (Fsp3) is 0.316. The molecule has 0 saturated carbocycles. The number of hydrogen-bond donors (Lipinski definition) is 1. The van der Waals surface area contributed by atoms with Gasteiger partial charge in [-0.05, 0) is 35.6 Å². The Labute approximate surface area is 168 Å². The Balaban J connectivity index is 1.90. The molecule has 0 radical (unpaired) electrons. The molecule has 0 aliphatic carbocycles. The van der Waals surface area contributed by atoms with Gasteiger partial charge in [0.15, 0.2) is 11.6 Å². The van der Waals surface area contributed by atoms with E-state index in [1.165, 1.54) is 33.6 Å². The summed E-state index contributed by atoms with van der Waals surface area (Å²) >= 11 is 2.57. The van der Waals surface area contributed by atoms with E-state index in [2.05, 4.69) is 11.9 Å². The number of aromatic nitrogens is 1. The summed E-state index contributed by atoms with van der Waals surface area (Å²) in [6.45, 7) is 2.13. The molecule has 1 amide bonds. The van der Waals surface area contributed by atoms with Gasteiger partial charge in [-0.1, -0.05) is 13.3 Å². The number of amides is 1. The monoisotopic (exact) mass is 424 g/mol. The number of fused-ring (bicyclic) bond motifs is 1. The topological polar surface area (TPSA) is 70.5 Å². The lowest BCUT2D eigenvalue weighted by atomic mass is 10.2. The molecule has 3 rings (SSSR count). The molecule has 0 saturated heterocycles. The number of carboxylic acid groups (broad SMARTS) is 1. The van der Waals surface area contributed by atoms with Crippen molar-refractivity contribution >= 4 is 49.8 Å². The molecule has 9 heteroatoms. The SMILES string of the molecule is CCCc1csc(N(Cc2nc3c(F)c(F)ccc3s2)C(=O)CCC(=O)O)c1. The van der Waals surface area contributed by atoms with Crippen LogP contribution in [0.15, 0.2) is 23.6 Å². The number of thiazole rings is 1. The Kier molecular flexibility index (Phi) is 6.35. The lowest BCUT2D eigenvalue weighted by Gasteiger charge is -2.19. The molecule has 0 bridgehead atoms. The second kappa shape index (κ2) is 8.74. The van der Waals surface area contributed by atoms with Crippen LogP contribution < -0.4 is 4.90 Å². The van der Waals surface area contributed by atoms with Gasteiger partial charge in [0, 0.05) is 6.42 Å². The van der Waals surface area contributed by atoms with Crippen LogP contribution in [0.1, 0.15) is 36.8 Å². The molecule has 2 heterocycles. The van der Waals surface area contributed by atoms with E-state index in [1.54, 1.807) is 0 Å². The number of halogens is 2. The van der Waals surface area contributed by atoms with Crippen molar-refractivity contribution in [1.29, 1.82) is 0 Å². The number of benzene rings is 1. The van der Waals surface area contributed by atoms with Gasteiger partial charge in [-0.3, -0.25) is 14.5 Å². The van der Waals surface area contributed by atoms with Crippen molar-refractivity contribution in [2.75, 3.05) is 4.90 Å². The number of carboxylic acids is 1. The summed E-state index contributed by atoms with van der Waals surface area (Å²) in [7, 11) is 0. The molecular weight excluding hydrogens is 406 g/mol. The first-order chi connectivity index (χ1) is 13.4. The number of anilines is 1. The van der Waals surface area contributed by atoms with Crippen LogP contribution in [0.3, 0.4) is 0 Å². The minimum Gasteiger partial charge on any atom is -0.481 e. The van der Waals surface area contributed by atoms with E-state index in [1.807, 2.05) is 11.4 Å². The van der Waals surface area contributed by atoms with Crippen molar-refractivity contribution in [1.82, 2.24) is 4.98 Å². The van der Waals surface area contributed by atoms with Gasteiger partial charge in [0.1, 0.15) is 10.5 Å². The lowest BCUT2D eigenvalue weighted by molar-refractivity contribution is -0.138. The molecule has 0 atom stereocenters. The Bertz CT molecular complexity index is 1020. The van der Waals surface area contributed by atoms with Crippen LogP contribution in [0.5, 0.6) is 0 Å². The zero-order valence-electron chi connectivity index (χ0n) is 15.1. The van der Waals surface area contributed by atoms with Gasteiger partial charge in [0.2, 0.25) is 5.91 Å². The third kappa shape index (κ3) is 4.53. The second-order valence-corrected chi connectivity index (χ2v) is 8.24. The maximum atomic E-state index is 14.0. The highest BCUT2D eigenvalue weighted by Crippen LogP contribution is 2.31. The standard InChI is InChI=1S/C19H18F2N2O3S2/c1-2-3-11-8-16(27-10-11)23(15(24)6-7-17(25)26)9-14-22-19-13(28-14)5-4-12(20)18(19)21/h4-5,8,10H,2-3,6-7,9H2,1H3,(H,25,26). The number of rotatable bonds is 8. The maximum Gasteiger partial charge on any atom is 0.303 e. The third-order valence-electron chi connectivity index (χ3n) is 4.09. The van der Waals surface area contributed by atoms with Crippen LogP contribution in [0.2, 0.25) is 0 Å². The zero-order chi connectivity index (χ0) is 20.3. The molecule has 2 aromatic heterocycles. The van der Waals surface area contributed by atoms with E-state index in [0.29, 0.717) is 14.7 Å². The molecule has 0 unspecified atom stereocenters. The summed E-state index contributed by atoms with van der Waals surface area (Å²) in [4.78, 5) is 29.1. The normalized spacial score (nSPS) is 11.1. The molecule has 1 aromatic carbocycles. The van der Waals surface area contributed by atoms with E-state index in [4.69, 9.17) is 5.11 Å². The van der Waals surface area contributed by atoms with E-state index >= 15 is 0 Å². The molecule has 0 spiro atoms. The molecule has 28 heavy (non-hydrogen) atoms. The molecule has 1 N–H and O–H groups in total. The second-order valence-electron chi connectivity index (χ2n) is 6.23. The summed E-state index contributed by atoms with van der Waals surface area (Å²) in [6, 6.07) is 4.40. The Morgan fingerprint density at radius 2 is 2.04 bits per heavy atom. The summed E-state index contributed by atoms with van der Waals surface area (Å²) in [5.41, 5.74) is 1.03. The summed E-state index contributed by atoms with van der Waals surface area (Å²) in [6.07, 6.45) is 1.41. The highest BCUT2D eigenvalue weighted by Gasteiger charge is 2.22. The molecule has 148 valence electrons. The van der Waals surface area contributed by atoms with Gasteiger partial charge in [0.25, 0.3) is 0 Å². The van der Waals surface area contributed by atoms with Crippen LogP contribution in [-0.2, 0) is 22.6 Å². The van der Waals surface area contributed by atoms with Crippen molar-refractivity contribution in [2.24, 2.45) is 0 Å². The Morgan fingerprint density at radius 1 is 1.25 bits per heavy atom. The van der Waals surface area contributed by atoms with E-state index in [-0.39, 0.29) is 30.8 Å². The summed E-state index contributed by atoms with van der Waals surface area (Å²) < 4.78 is 27.9. The molecule has 5 nitrogen and oxygen atoms in total. The highest BCUT2D eigenvalue weighted by atomic mass is 32.1. The first kappa shape index (κ1) is 20.3. The lowest BCUT2D eigenvalue weighted by Crippen LogP contribution is -2.30. The van der Waals surface area contributed by atoms with E-state index in [9.17, 15) is 18.4 Å². The molecule has 0 aliphatic heterocycles. The van der Waals surface area contributed by atoms with Crippen molar-refractivity contribution in [3.8, 4) is 0 Å². The fourth-order valence-corrected chi connectivity index (χ4v) is 4.67. The molecule has 0 aliphatic rings.